The van der Waals surface area contributed by atoms with E-state index < -0.39 is 0 Å². The maximum atomic E-state index is 12.4. The Morgan fingerprint density at radius 3 is 2.68 bits per heavy atom. The molecule has 0 fully saturated rings. The van der Waals surface area contributed by atoms with E-state index in [2.05, 4.69) is 38.4 Å². The van der Waals surface area contributed by atoms with Crippen LogP contribution < -0.4 is 10.6 Å². The summed E-state index contributed by atoms with van der Waals surface area (Å²) in [4.78, 5) is 29.5. The standard InChI is InChI=1S/C21H23N5O2/c1-22-21(28)24-19-10-8-15(13-23-19)9-11-20(27)25(2)14-17-12-16-6-4-5-7-18(16)26(17)3/h4-13H,14H2,1-3H3,(H2,22,23,24,28)/b11-9+. The predicted octanol–water partition coefficient (Wildman–Crippen LogP) is 3.00. The van der Waals surface area contributed by atoms with Crippen LogP contribution in [0.2, 0.25) is 0 Å². The first-order chi connectivity index (χ1) is 13.5. The van der Waals surface area contributed by atoms with Crippen LogP contribution >= 0.6 is 0 Å². The van der Waals surface area contributed by atoms with E-state index in [1.54, 1.807) is 36.4 Å². The molecular formula is C21H23N5O2. The van der Waals surface area contributed by atoms with Gasteiger partial charge in [-0.15, -0.1) is 0 Å². The van der Waals surface area contributed by atoms with Crippen molar-refractivity contribution in [2.24, 2.45) is 7.05 Å². The molecule has 0 atom stereocenters. The predicted molar refractivity (Wildman–Crippen MR) is 111 cm³/mol. The Morgan fingerprint density at radius 1 is 1.21 bits per heavy atom. The van der Waals surface area contributed by atoms with E-state index in [-0.39, 0.29) is 11.9 Å². The number of anilines is 1. The number of fused-ring (bicyclic) bond motifs is 1. The number of benzene rings is 1. The van der Waals surface area contributed by atoms with E-state index in [1.165, 1.54) is 13.1 Å². The van der Waals surface area contributed by atoms with Crippen molar-refractivity contribution in [3.63, 3.8) is 0 Å². The van der Waals surface area contributed by atoms with Crippen LogP contribution in [0.15, 0.2) is 54.7 Å². The first-order valence-electron chi connectivity index (χ1n) is 8.89. The van der Waals surface area contributed by atoms with Gasteiger partial charge in [-0.1, -0.05) is 18.2 Å². The van der Waals surface area contributed by atoms with Crippen LogP contribution in [0.5, 0.6) is 0 Å². The van der Waals surface area contributed by atoms with Crippen molar-refractivity contribution in [2.45, 2.75) is 6.54 Å². The Kier molecular flexibility index (Phi) is 5.74. The van der Waals surface area contributed by atoms with Crippen molar-refractivity contribution >= 4 is 34.7 Å². The second-order valence-corrected chi connectivity index (χ2v) is 6.46. The van der Waals surface area contributed by atoms with E-state index in [0.717, 1.165) is 22.2 Å². The summed E-state index contributed by atoms with van der Waals surface area (Å²) < 4.78 is 2.10. The molecule has 2 N–H and O–H groups in total. The number of hydrogen-bond acceptors (Lipinski definition) is 3. The number of aryl methyl sites for hydroxylation is 1. The number of amides is 3. The minimum Gasteiger partial charge on any atom is -0.346 e. The lowest BCUT2D eigenvalue weighted by molar-refractivity contribution is -0.125. The highest BCUT2D eigenvalue weighted by molar-refractivity contribution is 5.92. The number of carbonyl (C=O) groups excluding carboxylic acids is 2. The molecule has 0 spiro atoms. The normalized spacial score (nSPS) is 11.0. The molecule has 2 aromatic heterocycles. The largest absolute Gasteiger partial charge is 0.346 e. The number of para-hydroxylation sites is 1. The van der Waals surface area contributed by atoms with Crippen LogP contribution in [-0.2, 0) is 18.4 Å². The smallest absolute Gasteiger partial charge is 0.320 e. The molecule has 0 saturated carbocycles. The summed E-state index contributed by atoms with van der Waals surface area (Å²) in [6.07, 6.45) is 4.82. The summed E-state index contributed by atoms with van der Waals surface area (Å²) >= 11 is 0. The molecule has 3 aromatic rings. The van der Waals surface area contributed by atoms with Gasteiger partial charge in [0.15, 0.2) is 0 Å². The average Bonchev–Trinajstić information content (AvgIpc) is 3.02. The maximum Gasteiger partial charge on any atom is 0.320 e. The van der Waals surface area contributed by atoms with Gasteiger partial charge in [-0.3, -0.25) is 10.1 Å². The van der Waals surface area contributed by atoms with Gasteiger partial charge in [0.25, 0.3) is 0 Å². The van der Waals surface area contributed by atoms with Crippen molar-refractivity contribution in [1.82, 2.24) is 19.8 Å². The molecule has 0 bridgehead atoms. The molecule has 0 radical (unpaired) electrons. The van der Waals surface area contributed by atoms with Crippen LogP contribution in [0.4, 0.5) is 10.6 Å². The number of nitrogens with one attached hydrogen (secondary N) is 2. The first kappa shape index (κ1) is 19.2. The van der Waals surface area contributed by atoms with E-state index in [1.807, 2.05) is 19.2 Å². The third-order valence-corrected chi connectivity index (χ3v) is 4.50. The quantitative estimate of drug-likeness (QED) is 0.671. The summed E-state index contributed by atoms with van der Waals surface area (Å²) in [7, 11) is 5.32. The van der Waals surface area contributed by atoms with Gasteiger partial charge in [-0.05, 0) is 41.3 Å². The fourth-order valence-corrected chi connectivity index (χ4v) is 2.87. The number of likely N-dealkylation sites (N-methyl/N-ethyl adjacent to an activating group) is 1. The highest BCUT2D eigenvalue weighted by atomic mass is 16.2. The molecule has 28 heavy (non-hydrogen) atoms. The fraction of sp³-hybridized carbons (Fsp3) is 0.190. The first-order valence-corrected chi connectivity index (χ1v) is 8.89. The van der Waals surface area contributed by atoms with Gasteiger partial charge in [0.1, 0.15) is 5.82 Å². The number of pyridine rings is 1. The van der Waals surface area contributed by atoms with E-state index in [4.69, 9.17) is 0 Å². The second kappa shape index (κ2) is 8.39. The molecule has 0 aliphatic carbocycles. The van der Waals surface area contributed by atoms with Gasteiger partial charge in [-0.25, -0.2) is 9.78 Å². The average molecular weight is 377 g/mol. The Morgan fingerprint density at radius 2 is 2.00 bits per heavy atom. The molecule has 0 aliphatic rings. The SMILES string of the molecule is CNC(=O)Nc1ccc(/C=C/C(=O)N(C)Cc2cc3ccccc3n2C)cn1. The molecule has 0 unspecified atom stereocenters. The van der Waals surface area contributed by atoms with Crippen molar-refractivity contribution in [3.05, 3.63) is 66.0 Å². The number of hydrogen-bond donors (Lipinski definition) is 2. The zero-order chi connectivity index (χ0) is 20.1. The van der Waals surface area contributed by atoms with Crippen LogP contribution in [-0.4, -0.2) is 40.5 Å². The maximum absolute atomic E-state index is 12.4. The number of rotatable bonds is 5. The minimum atomic E-state index is -0.332. The third kappa shape index (κ3) is 4.37. The minimum absolute atomic E-state index is 0.0992. The Hall–Kier alpha value is -3.61. The molecular weight excluding hydrogens is 354 g/mol. The molecule has 7 heteroatoms. The van der Waals surface area contributed by atoms with E-state index in [0.29, 0.717) is 12.4 Å². The zero-order valence-electron chi connectivity index (χ0n) is 16.1. The fourth-order valence-electron chi connectivity index (χ4n) is 2.87. The highest BCUT2D eigenvalue weighted by Crippen LogP contribution is 2.19. The second-order valence-electron chi connectivity index (χ2n) is 6.46. The molecule has 3 amide bonds. The molecule has 144 valence electrons. The van der Waals surface area contributed by atoms with Gasteiger partial charge < -0.3 is 14.8 Å². The zero-order valence-corrected chi connectivity index (χ0v) is 16.1. The molecule has 0 saturated heterocycles. The van der Waals surface area contributed by atoms with Crippen molar-refractivity contribution in [2.75, 3.05) is 19.4 Å². The van der Waals surface area contributed by atoms with Gasteiger partial charge in [0, 0.05) is 44.6 Å². The lowest BCUT2D eigenvalue weighted by atomic mass is 10.2. The number of nitrogens with zero attached hydrogens (tertiary/aromatic N) is 3. The highest BCUT2D eigenvalue weighted by Gasteiger charge is 2.10. The molecule has 2 heterocycles. The van der Waals surface area contributed by atoms with E-state index >= 15 is 0 Å². The molecule has 3 rings (SSSR count). The van der Waals surface area contributed by atoms with Gasteiger partial charge in [0.2, 0.25) is 5.91 Å². The summed E-state index contributed by atoms with van der Waals surface area (Å²) in [5.74, 6) is 0.341. The van der Waals surface area contributed by atoms with Crippen molar-refractivity contribution in [1.29, 1.82) is 0 Å². The Balaban J connectivity index is 1.63. The van der Waals surface area contributed by atoms with Crippen LogP contribution in [0, 0.1) is 0 Å². The molecule has 0 aliphatic heterocycles. The summed E-state index contributed by atoms with van der Waals surface area (Å²) in [6.45, 7) is 0.515. The lowest BCUT2D eigenvalue weighted by Gasteiger charge is -2.15. The molecule has 7 nitrogen and oxygen atoms in total. The van der Waals surface area contributed by atoms with Crippen LogP contribution in [0.3, 0.4) is 0 Å². The van der Waals surface area contributed by atoms with Crippen molar-refractivity contribution in [3.8, 4) is 0 Å². The topological polar surface area (TPSA) is 79.3 Å². The van der Waals surface area contributed by atoms with Crippen LogP contribution in [0.1, 0.15) is 11.3 Å². The van der Waals surface area contributed by atoms with Gasteiger partial charge in [0.05, 0.1) is 6.54 Å². The Labute approximate surface area is 163 Å². The summed E-state index contributed by atoms with van der Waals surface area (Å²) in [5, 5.41) is 6.20. The monoisotopic (exact) mass is 377 g/mol. The summed E-state index contributed by atoms with van der Waals surface area (Å²) in [6, 6.07) is 13.4. The number of urea groups is 1. The van der Waals surface area contributed by atoms with Crippen LogP contribution in [0.25, 0.3) is 17.0 Å². The lowest BCUT2D eigenvalue weighted by Crippen LogP contribution is -2.25. The summed E-state index contributed by atoms with van der Waals surface area (Å²) in [5.41, 5.74) is 2.98. The Bertz CT molecular complexity index is 1020. The third-order valence-electron chi connectivity index (χ3n) is 4.50. The van der Waals surface area contributed by atoms with E-state index in [9.17, 15) is 9.59 Å². The number of carbonyl (C=O) groups is 2. The number of aromatic nitrogens is 2. The van der Waals surface area contributed by atoms with Crippen molar-refractivity contribution < 1.29 is 9.59 Å². The van der Waals surface area contributed by atoms with Gasteiger partial charge in [-0.2, -0.15) is 0 Å². The van der Waals surface area contributed by atoms with Gasteiger partial charge >= 0.3 is 6.03 Å². The molecule has 1 aromatic carbocycles.